The molecule has 1 aromatic carbocycles. The number of rotatable bonds is 1. The third-order valence-electron chi connectivity index (χ3n) is 5.21. The summed E-state index contributed by atoms with van der Waals surface area (Å²) in [4.78, 5) is 12.6. The predicted molar refractivity (Wildman–Crippen MR) is 86.4 cm³/mol. The van der Waals surface area contributed by atoms with Gasteiger partial charge in [0, 0.05) is 11.0 Å². The van der Waals surface area contributed by atoms with Gasteiger partial charge >= 0.3 is 0 Å². The number of phenols is 1. The number of carbonyl (C=O) groups excluding carboxylic acids is 1. The summed E-state index contributed by atoms with van der Waals surface area (Å²) < 4.78 is 0. The minimum absolute atomic E-state index is 0.0923. The Bertz CT molecular complexity index is 666. The summed E-state index contributed by atoms with van der Waals surface area (Å²) in [7, 11) is 0. The third kappa shape index (κ3) is 2.40. The van der Waals surface area contributed by atoms with Crippen molar-refractivity contribution in [1.82, 2.24) is 0 Å². The Labute approximate surface area is 131 Å². The molecule has 3 rings (SSSR count). The number of ketones is 1. The van der Waals surface area contributed by atoms with Crippen LogP contribution in [0.5, 0.6) is 5.75 Å². The van der Waals surface area contributed by atoms with Crippen molar-refractivity contribution in [1.29, 1.82) is 0 Å². The van der Waals surface area contributed by atoms with Gasteiger partial charge < -0.3 is 10.2 Å². The van der Waals surface area contributed by atoms with Crippen molar-refractivity contribution in [2.24, 2.45) is 5.41 Å². The van der Waals surface area contributed by atoms with Crippen LogP contribution in [0.4, 0.5) is 0 Å². The largest absolute Gasteiger partial charge is 0.508 e. The molecule has 0 spiro atoms. The van der Waals surface area contributed by atoms with E-state index >= 15 is 0 Å². The highest BCUT2D eigenvalue weighted by Gasteiger charge is 2.45. The van der Waals surface area contributed by atoms with Crippen LogP contribution in [0.15, 0.2) is 41.0 Å². The molecule has 0 aromatic heterocycles. The molecule has 0 aliphatic heterocycles. The molecule has 0 saturated heterocycles. The Balaban J connectivity index is 2.03. The average Bonchev–Trinajstić information content (AvgIpc) is 2.49. The van der Waals surface area contributed by atoms with E-state index in [4.69, 9.17) is 0 Å². The lowest BCUT2D eigenvalue weighted by atomic mass is 9.61. The Kier molecular flexibility index (Phi) is 3.69. The van der Waals surface area contributed by atoms with E-state index in [1.165, 1.54) is 0 Å². The monoisotopic (exact) mass is 298 g/mol. The van der Waals surface area contributed by atoms with E-state index in [1.807, 2.05) is 13.0 Å². The molecule has 3 nitrogen and oxygen atoms in total. The summed E-state index contributed by atoms with van der Waals surface area (Å²) in [5.74, 6) is 0.305. The minimum Gasteiger partial charge on any atom is -0.508 e. The Morgan fingerprint density at radius 2 is 1.95 bits per heavy atom. The topological polar surface area (TPSA) is 57.5 Å². The van der Waals surface area contributed by atoms with E-state index in [1.54, 1.807) is 24.3 Å². The molecule has 0 amide bonds. The highest BCUT2D eigenvalue weighted by Crippen LogP contribution is 2.50. The van der Waals surface area contributed by atoms with E-state index in [-0.39, 0.29) is 23.1 Å². The summed E-state index contributed by atoms with van der Waals surface area (Å²) in [6.45, 7) is 3.96. The number of fused-ring (bicyclic) bond motifs is 1. The minimum atomic E-state index is -0.387. The lowest BCUT2D eigenvalue weighted by Gasteiger charge is -2.45. The van der Waals surface area contributed by atoms with Crippen LogP contribution in [-0.4, -0.2) is 22.1 Å². The molecule has 2 aliphatic rings. The van der Waals surface area contributed by atoms with E-state index in [0.29, 0.717) is 6.42 Å². The van der Waals surface area contributed by atoms with Gasteiger partial charge in [0.15, 0.2) is 5.78 Å². The van der Waals surface area contributed by atoms with Gasteiger partial charge in [-0.15, -0.1) is 0 Å². The molecule has 1 fully saturated rings. The van der Waals surface area contributed by atoms with Crippen LogP contribution >= 0.6 is 0 Å². The molecule has 2 aliphatic carbocycles. The fourth-order valence-electron chi connectivity index (χ4n) is 3.86. The number of aliphatic hydroxyl groups excluding tert-OH is 1. The zero-order valence-corrected chi connectivity index (χ0v) is 13.1. The fourth-order valence-corrected chi connectivity index (χ4v) is 3.86. The van der Waals surface area contributed by atoms with E-state index in [0.717, 1.165) is 41.5 Å². The lowest BCUT2D eigenvalue weighted by Crippen LogP contribution is -2.42. The fraction of sp³-hybridized carbons (Fsp3) is 0.421. The summed E-state index contributed by atoms with van der Waals surface area (Å²) in [5, 5.41) is 19.8. The van der Waals surface area contributed by atoms with Gasteiger partial charge in [0.05, 0.1) is 6.10 Å². The van der Waals surface area contributed by atoms with Gasteiger partial charge in [0.2, 0.25) is 0 Å². The van der Waals surface area contributed by atoms with Crippen LogP contribution < -0.4 is 0 Å². The number of phenolic OH excluding ortho intramolecular Hbond substituents is 1. The van der Waals surface area contributed by atoms with Crippen molar-refractivity contribution < 1.29 is 15.0 Å². The first-order valence-corrected chi connectivity index (χ1v) is 7.84. The molecule has 0 radical (unpaired) electrons. The maximum Gasteiger partial charge on any atom is 0.184 e. The normalized spacial score (nSPS) is 30.6. The van der Waals surface area contributed by atoms with Crippen LogP contribution in [0, 0.1) is 5.41 Å². The van der Waals surface area contributed by atoms with Gasteiger partial charge in [-0.25, -0.2) is 0 Å². The molecule has 2 atom stereocenters. The van der Waals surface area contributed by atoms with Gasteiger partial charge in [-0.05, 0) is 62.0 Å². The molecular weight excluding hydrogens is 276 g/mol. The van der Waals surface area contributed by atoms with E-state index < -0.39 is 0 Å². The zero-order valence-electron chi connectivity index (χ0n) is 13.1. The molecule has 0 unspecified atom stereocenters. The number of carbonyl (C=O) groups is 1. The lowest BCUT2D eigenvalue weighted by molar-refractivity contribution is -0.113. The second-order valence-electron chi connectivity index (χ2n) is 6.70. The molecule has 0 bridgehead atoms. The van der Waals surface area contributed by atoms with Crippen molar-refractivity contribution >= 4 is 11.9 Å². The van der Waals surface area contributed by atoms with Gasteiger partial charge in [0.25, 0.3) is 0 Å². The molecule has 1 saturated carbocycles. The number of aliphatic hydroxyl groups is 1. The van der Waals surface area contributed by atoms with Crippen molar-refractivity contribution in [3.8, 4) is 5.75 Å². The summed E-state index contributed by atoms with van der Waals surface area (Å²) in [6.07, 6.45) is 4.75. The molecule has 1 aromatic rings. The first-order chi connectivity index (χ1) is 10.4. The van der Waals surface area contributed by atoms with Crippen LogP contribution in [0.1, 0.15) is 45.1 Å². The summed E-state index contributed by atoms with van der Waals surface area (Å²) in [5.41, 5.74) is 3.26. The standard InChI is InChI=1S/C19H22O3/c1-12-16-4-3-5-17(21)19(16,2)11-14(18(12)22)10-13-6-8-15(20)9-7-13/h6-10,17,20-21H,3-5,11H2,1-2H3/b14-10+/t17-,19-/m0/s1. The van der Waals surface area contributed by atoms with Crippen molar-refractivity contribution in [2.75, 3.05) is 0 Å². The van der Waals surface area contributed by atoms with Crippen molar-refractivity contribution in [3.05, 3.63) is 46.5 Å². The maximum atomic E-state index is 12.6. The van der Waals surface area contributed by atoms with E-state index in [9.17, 15) is 15.0 Å². The summed E-state index contributed by atoms with van der Waals surface area (Å²) in [6, 6.07) is 6.82. The maximum absolute atomic E-state index is 12.6. The van der Waals surface area contributed by atoms with Gasteiger partial charge in [0.1, 0.15) is 5.75 Å². The predicted octanol–water partition coefficient (Wildman–Crippen LogP) is 3.62. The number of Topliss-reactive ketones (excluding diaryl/α,β-unsaturated/α-hetero) is 1. The van der Waals surface area contributed by atoms with Crippen molar-refractivity contribution in [3.63, 3.8) is 0 Å². The van der Waals surface area contributed by atoms with Gasteiger partial charge in [-0.2, -0.15) is 0 Å². The Hall–Kier alpha value is -1.87. The average molecular weight is 298 g/mol. The second kappa shape index (κ2) is 5.40. The SMILES string of the molecule is CC1=C2CCC[C@H](O)[C@@]2(C)C/C(=C\c2ccc(O)cc2)C1=O. The number of hydrogen-bond acceptors (Lipinski definition) is 3. The second-order valence-corrected chi connectivity index (χ2v) is 6.70. The van der Waals surface area contributed by atoms with Crippen LogP contribution in [0.3, 0.4) is 0 Å². The van der Waals surface area contributed by atoms with Crippen LogP contribution in [-0.2, 0) is 4.79 Å². The van der Waals surface area contributed by atoms with Gasteiger partial charge in [-0.1, -0.05) is 24.6 Å². The van der Waals surface area contributed by atoms with E-state index in [2.05, 4.69) is 6.92 Å². The van der Waals surface area contributed by atoms with Crippen LogP contribution in [0.25, 0.3) is 6.08 Å². The number of hydrogen-bond donors (Lipinski definition) is 2. The third-order valence-corrected chi connectivity index (χ3v) is 5.21. The summed E-state index contributed by atoms with van der Waals surface area (Å²) >= 11 is 0. The highest BCUT2D eigenvalue weighted by molar-refractivity contribution is 6.12. The molecule has 22 heavy (non-hydrogen) atoms. The molecular formula is C19H22O3. The zero-order chi connectivity index (χ0) is 15.9. The smallest absolute Gasteiger partial charge is 0.184 e. The van der Waals surface area contributed by atoms with Crippen molar-refractivity contribution in [2.45, 2.75) is 45.6 Å². The molecule has 116 valence electrons. The quantitative estimate of drug-likeness (QED) is 0.779. The van der Waals surface area contributed by atoms with Crippen LogP contribution in [0.2, 0.25) is 0 Å². The molecule has 3 heteroatoms. The highest BCUT2D eigenvalue weighted by atomic mass is 16.3. The Morgan fingerprint density at radius 1 is 1.27 bits per heavy atom. The number of benzene rings is 1. The molecule has 2 N–H and O–H groups in total. The Morgan fingerprint density at radius 3 is 2.64 bits per heavy atom. The first kappa shape index (κ1) is 15.0. The first-order valence-electron chi connectivity index (χ1n) is 7.84. The number of aromatic hydroxyl groups is 1. The number of allylic oxidation sites excluding steroid dienone is 2. The molecule has 0 heterocycles. The van der Waals surface area contributed by atoms with Gasteiger partial charge in [-0.3, -0.25) is 4.79 Å².